The summed E-state index contributed by atoms with van der Waals surface area (Å²) in [6.07, 6.45) is 0. The third kappa shape index (κ3) is 2.57. The van der Waals surface area contributed by atoms with Gasteiger partial charge in [0.15, 0.2) is 0 Å². The Morgan fingerprint density at radius 2 is 1.70 bits per heavy atom. The molecular formula is C18H15NO4. The van der Waals surface area contributed by atoms with Crippen molar-refractivity contribution >= 4 is 17.4 Å². The number of carbonyl (C=O) groups excluding carboxylic acids is 2. The van der Waals surface area contributed by atoms with Crippen molar-refractivity contribution in [1.82, 2.24) is 5.32 Å². The van der Waals surface area contributed by atoms with E-state index in [1.54, 1.807) is 54.6 Å². The average molecular weight is 309 g/mol. The Hall–Kier alpha value is -3.08. The molecule has 1 heterocycles. The molecule has 0 bridgehead atoms. The van der Waals surface area contributed by atoms with Crippen LogP contribution < -0.4 is 10.1 Å². The monoisotopic (exact) mass is 309 g/mol. The van der Waals surface area contributed by atoms with Gasteiger partial charge in [-0.15, -0.1) is 0 Å². The van der Waals surface area contributed by atoms with E-state index in [4.69, 9.17) is 4.74 Å². The third-order valence-corrected chi connectivity index (χ3v) is 3.77. The van der Waals surface area contributed by atoms with Crippen LogP contribution in [-0.2, 0) is 9.59 Å². The van der Waals surface area contributed by atoms with Crippen molar-refractivity contribution in [2.75, 3.05) is 7.11 Å². The molecule has 1 aliphatic rings. The summed E-state index contributed by atoms with van der Waals surface area (Å²) in [6.45, 7) is 0. The van der Waals surface area contributed by atoms with E-state index in [2.05, 4.69) is 5.32 Å². The minimum atomic E-state index is -0.744. The minimum absolute atomic E-state index is 0.0331. The second-order valence-electron chi connectivity index (χ2n) is 5.11. The van der Waals surface area contributed by atoms with Gasteiger partial charge in [0.25, 0.3) is 11.7 Å². The zero-order valence-corrected chi connectivity index (χ0v) is 12.4. The summed E-state index contributed by atoms with van der Waals surface area (Å²) in [5, 5.41) is 13.1. The zero-order chi connectivity index (χ0) is 16.4. The molecule has 23 heavy (non-hydrogen) atoms. The summed E-state index contributed by atoms with van der Waals surface area (Å²) >= 11 is 0. The SMILES string of the molecule is COc1ccccc1C1NC(=O)C(=O)/C1=C(\O)c1ccccc1. The van der Waals surface area contributed by atoms with Gasteiger partial charge < -0.3 is 15.2 Å². The van der Waals surface area contributed by atoms with Crippen molar-refractivity contribution in [3.8, 4) is 5.75 Å². The number of amides is 1. The fourth-order valence-corrected chi connectivity index (χ4v) is 2.66. The van der Waals surface area contributed by atoms with Gasteiger partial charge in [0.05, 0.1) is 18.7 Å². The van der Waals surface area contributed by atoms with E-state index in [9.17, 15) is 14.7 Å². The number of benzene rings is 2. The lowest BCUT2D eigenvalue weighted by molar-refractivity contribution is -0.133. The Bertz CT molecular complexity index is 796. The van der Waals surface area contributed by atoms with Crippen molar-refractivity contribution < 1.29 is 19.4 Å². The highest BCUT2D eigenvalue weighted by Gasteiger charge is 2.40. The number of para-hydroxylation sites is 1. The van der Waals surface area contributed by atoms with Gasteiger partial charge in [0.1, 0.15) is 11.5 Å². The summed E-state index contributed by atoms with van der Waals surface area (Å²) in [5.41, 5.74) is 1.13. The van der Waals surface area contributed by atoms with Crippen LogP contribution in [0.25, 0.3) is 5.76 Å². The molecule has 0 radical (unpaired) electrons. The number of aliphatic hydroxyl groups is 1. The van der Waals surface area contributed by atoms with Crippen molar-refractivity contribution in [1.29, 1.82) is 0 Å². The fraction of sp³-hybridized carbons (Fsp3) is 0.111. The van der Waals surface area contributed by atoms with E-state index in [1.807, 2.05) is 0 Å². The molecule has 1 saturated heterocycles. The van der Waals surface area contributed by atoms with Crippen LogP contribution in [0.3, 0.4) is 0 Å². The number of hydrogen-bond donors (Lipinski definition) is 2. The van der Waals surface area contributed by atoms with E-state index < -0.39 is 17.7 Å². The number of aliphatic hydroxyl groups excluding tert-OH is 1. The summed E-state index contributed by atoms with van der Waals surface area (Å²) in [5.74, 6) is -1.14. The molecule has 5 heteroatoms. The van der Waals surface area contributed by atoms with Crippen molar-refractivity contribution in [2.45, 2.75) is 6.04 Å². The molecule has 2 aromatic rings. The maximum Gasteiger partial charge on any atom is 0.293 e. The first-order valence-electron chi connectivity index (χ1n) is 7.10. The van der Waals surface area contributed by atoms with E-state index in [0.717, 1.165) is 0 Å². The topological polar surface area (TPSA) is 75.6 Å². The van der Waals surface area contributed by atoms with E-state index in [-0.39, 0.29) is 11.3 Å². The lowest BCUT2D eigenvalue weighted by Crippen LogP contribution is -2.21. The molecule has 1 unspecified atom stereocenters. The highest BCUT2D eigenvalue weighted by molar-refractivity contribution is 6.46. The molecule has 2 aromatic carbocycles. The number of nitrogens with one attached hydrogen (secondary N) is 1. The molecule has 0 aromatic heterocycles. The molecule has 116 valence electrons. The van der Waals surface area contributed by atoms with Crippen molar-refractivity contribution in [3.63, 3.8) is 0 Å². The summed E-state index contributed by atoms with van der Waals surface area (Å²) in [4.78, 5) is 24.1. The molecule has 0 saturated carbocycles. The number of Topliss-reactive ketones (excluding diaryl/α,β-unsaturated/α-hetero) is 1. The second kappa shape index (κ2) is 5.96. The summed E-state index contributed by atoms with van der Waals surface area (Å²) in [7, 11) is 1.51. The minimum Gasteiger partial charge on any atom is -0.507 e. The number of hydrogen-bond acceptors (Lipinski definition) is 4. The molecule has 1 atom stereocenters. The molecule has 1 amide bonds. The van der Waals surface area contributed by atoms with Gasteiger partial charge in [-0.3, -0.25) is 9.59 Å². The summed E-state index contributed by atoms with van der Waals surface area (Å²) in [6, 6.07) is 15.0. The molecule has 2 N–H and O–H groups in total. The highest BCUT2D eigenvalue weighted by atomic mass is 16.5. The number of ether oxygens (including phenoxy) is 1. The maximum absolute atomic E-state index is 12.2. The first-order chi connectivity index (χ1) is 11.1. The van der Waals surface area contributed by atoms with E-state index in [1.165, 1.54) is 7.11 Å². The Kier molecular flexibility index (Phi) is 3.85. The predicted octanol–water partition coefficient (Wildman–Crippen LogP) is 2.40. The van der Waals surface area contributed by atoms with Crippen LogP contribution in [0.15, 0.2) is 60.2 Å². The lowest BCUT2D eigenvalue weighted by atomic mass is 9.95. The van der Waals surface area contributed by atoms with E-state index >= 15 is 0 Å². The fourth-order valence-electron chi connectivity index (χ4n) is 2.66. The van der Waals surface area contributed by atoms with Crippen LogP contribution in [0.1, 0.15) is 17.2 Å². The molecule has 1 aliphatic heterocycles. The number of rotatable bonds is 3. The van der Waals surface area contributed by atoms with Crippen LogP contribution in [0, 0.1) is 0 Å². The van der Waals surface area contributed by atoms with Gasteiger partial charge in [-0.05, 0) is 6.07 Å². The largest absolute Gasteiger partial charge is 0.507 e. The second-order valence-corrected chi connectivity index (χ2v) is 5.11. The van der Waals surface area contributed by atoms with Crippen LogP contribution >= 0.6 is 0 Å². The average Bonchev–Trinajstić information content (AvgIpc) is 2.90. The molecule has 1 fully saturated rings. The Morgan fingerprint density at radius 3 is 2.39 bits per heavy atom. The third-order valence-electron chi connectivity index (χ3n) is 3.77. The predicted molar refractivity (Wildman–Crippen MR) is 84.9 cm³/mol. The Labute approximate surface area is 133 Å². The molecule has 0 aliphatic carbocycles. The van der Waals surface area contributed by atoms with Crippen molar-refractivity contribution in [3.05, 3.63) is 71.3 Å². The Balaban J connectivity index is 2.16. The van der Waals surface area contributed by atoms with Crippen LogP contribution in [0.4, 0.5) is 0 Å². The maximum atomic E-state index is 12.2. The number of carbonyl (C=O) groups is 2. The van der Waals surface area contributed by atoms with E-state index in [0.29, 0.717) is 16.9 Å². The van der Waals surface area contributed by atoms with Gasteiger partial charge in [0.2, 0.25) is 0 Å². The number of ketones is 1. The highest BCUT2D eigenvalue weighted by Crippen LogP contribution is 2.36. The lowest BCUT2D eigenvalue weighted by Gasteiger charge is -2.16. The van der Waals surface area contributed by atoms with Crippen LogP contribution in [-0.4, -0.2) is 23.9 Å². The smallest absolute Gasteiger partial charge is 0.293 e. The first-order valence-corrected chi connectivity index (χ1v) is 7.10. The van der Waals surface area contributed by atoms with Gasteiger partial charge >= 0.3 is 0 Å². The zero-order valence-electron chi connectivity index (χ0n) is 12.4. The molecule has 3 rings (SSSR count). The number of methoxy groups -OCH3 is 1. The van der Waals surface area contributed by atoms with Crippen LogP contribution in [0.5, 0.6) is 5.75 Å². The van der Waals surface area contributed by atoms with Gasteiger partial charge in [-0.1, -0.05) is 48.5 Å². The normalized spacial score (nSPS) is 19.4. The van der Waals surface area contributed by atoms with Crippen molar-refractivity contribution in [2.24, 2.45) is 0 Å². The van der Waals surface area contributed by atoms with Crippen LogP contribution in [0.2, 0.25) is 0 Å². The first kappa shape index (κ1) is 14.8. The van der Waals surface area contributed by atoms with Gasteiger partial charge in [-0.2, -0.15) is 0 Å². The summed E-state index contributed by atoms with van der Waals surface area (Å²) < 4.78 is 5.30. The quantitative estimate of drug-likeness (QED) is 0.518. The standard InChI is InChI=1S/C18H15NO4/c1-23-13-10-6-5-9-12(13)15-14(17(21)18(22)19-15)16(20)11-7-3-2-4-8-11/h2-10,15,20H,1H3,(H,19,22)/b16-14-. The van der Waals surface area contributed by atoms with Gasteiger partial charge in [-0.25, -0.2) is 0 Å². The molecule has 5 nitrogen and oxygen atoms in total. The molecular weight excluding hydrogens is 294 g/mol. The van der Waals surface area contributed by atoms with Gasteiger partial charge in [0, 0.05) is 11.1 Å². The Morgan fingerprint density at radius 1 is 1.04 bits per heavy atom. The molecule has 0 spiro atoms.